The number of hydrogen-bond acceptors (Lipinski definition) is 4. The average Bonchev–Trinajstić information content (AvgIpc) is 2.55. The summed E-state index contributed by atoms with van der Waals surface area (Å²) < 4.78 is 0.942. The van der Waals surface area contributed by atoms with E-state index in [0.29, 0.717) is 6.04 Å². The van der Waals surface area contributed by atoms with Crippen LogP contribution in [0.3, 0.4) is 0 Å². The van der Waals surface area contributed by atoms with Gasteiger partial charge in [-0.05, 0) is 48.3 Å². The molecule has 1 aromatic heterocycles. The lowest BCUT2D eigenvalue weighted by Crippen LogP contribution is -2.37. The molecule has 0 radical (unpaired) electrons. The summed E-state index contributed by atoms with van der Waals surface area (Å²) >= 11 is 3.41. The van der Waals surface area contributed by atoms with Gasteiger partial charge in [0.25, 0.3) is 0 Å². The summed E-state index contributed by atoms with van der Waals surface area (Å²) in [5.41, 5.74) is 6.86. The van der Waals surface area contributed by atoms with Gasteiger partial charge in [-0.15, -0.1) is 0 Å². The van der Waals surface area contributed by atoms with Crippen molar-refractivity contribution in [2.45, 2.75) is 31.3 Å². The Morgan fingerprint density at radius 1 is 1.33 bits per heavy atom. The minimum Gasteiger partial charge on any atom is -0.396 e. The lowest BCUT2D eigenvalue weighted by molar-refractivity contribution is 0.254. The molecule has 18 heavy (non-hydrogen) atoms. The van der Waals surface area contributed by atoms with Crippen molar-refractivity contribution in [3.63, 3.8) is 0 Å². The first-order valence-electron chi connectivity index (χ1n) is 6.53. The number of nitrogens with zero attached hydrogens (tertiary/aromatic N) is 3. The largest absolute Gasteiger partial charge is 0.396 e. The summed E-state index contributed by atoms with van der Waals surface area (Å²) in [6, 6.07) is 3.34. The number of hydrogen-bond donors (Lipinski definition) is 1. The molecule has 2 N–H and O–H groups in total. The van der Waals surface area contributed by atoms with Crippen LogP contribution >= 0.6 is 15.9 Å². The molecule has 2 atom stereocenters. The molecule has 0 spiro atoms. The van der Waals surface area contributed by atoms with Gasteiger partial charge >= 0.3 is 0 Å². The minimum atomic E-state index is 0.655. The van der Waals surface area contributed by atoms with Crippen LogP contribution in [0.15, 0.2) is 16.7 Å². The Bertz CT molecular complexity index is 451. The number of halogens is 1. The highest BCUT2D eigenvalue weighted by molar-refractivity contribution is 9.10. The van der Waals surface area contributed by atoms with E-state index in [4.69, 9.17) is 5.73 Å². The fourth-order valence-electron chi connectivity index (χ4n) is 3.21. The zero-order valence-corrected chi connectivity index (χ0v) is 12.2. The standard InChI is InChI=1S/C13H19BrN4/c1-17-10-2-3-11(17)8-18(5-4-10)13-12(15)6-9(14)7-16-13/h6-7,10-11H,2-5,8,15H2,1H3. The van der Waals surface area contributed by atoms with Gasteiger partial charge in [0, 0.05) is 35.8 Å². The third-order valence-corrected chi connectivity index (χ3v) is 4.74. The minimum absolute atomic E-state index is 0.655. The SMILES string of the molecule is CN1C2CCC1CN(c1ncc(Br)cc1N)CC2. The maximum Gasteiger partial charge on any atom is 0.151 e. The summed E-state index contributed by atoms with van der Waals surface area (Å²) in [6.07, 6.45) is 5.69. The molecule has 0 aliphatic carbocycles. The summed E-state index contributed by atoms with van der Waals surface area (Å²) in [5, 5.41) is 0. The van der Waals surface area contributed by atoms with Crippen molar-refractivity contribution in [1.29, 1.82) is 0 Å². The third-order valence-electron chi connectivity index (χ3n) is 4.31. The van der Waals surface area contributed by atoms with Crippen LogP contribution in [0.1, 0.15) is 19.3 Å². The Labute approximate surface area is 116 Å². The summed E-state index contributed by atoms with van der Waals surface area (Å²) in [6.45, 7) is 2.11. The van der Waals surface area contributed by atoms with Gasteiger partial charge in [0.2, 0.25) is 0 Å². The van der Waals surface area contributed by atoms with E-state index < -0.39 is 0 Å². The summed E-state index contributed by atoms with van der Waals surface area (Å²) in [5.74, 6) is 0.944. The number of aromatic nitrogens is 1. The topological polar surface area (TPSA) is 45.4 Å². The van der Waals surface area contributed by atoms with E-state index in [1.807, 2.05) is 12.3 Å². The number of likely N-dealkylation sites (N-methyl/N-ethyl adjacent to an activating group) is 1. The van der Waals surface area contributed by atoms with E-state index in [0.717, 1.165) is 35.1 Å². The predicted octanol–water partition coefficient (Wildman–Crippen LogP) is 2.10. The number of fused-ring (bicyclic) bond motifs is 2. The molecule has 4 nitrogen and oxygen atoms in total. The number of nitrogen functional groups attached to an aromatic ring is 1. The van der Waals surface area contributed by atoms with Gasteiger partial charge in [0.1, 0.15) is 0 Å². The average molecular weight is 311 g/mol. The van der Waals surface area contributed by atoms with Crippen molar-refractivity contribution in [1.82, 2.24) is 9.88 Å². The molecule has 2 unspecified atom stereocenters. The van der Waals surface area contributed by atoms with Crippen molar-refractivity contribution < 1.29 is 0 Å². The molecule has 0 saturated carbocycles. The van der Waals surface area contributed by atoms with Crippen LogP contribution in [0, 0.1) is 0 Å². The third kappa shape index (κ3) is 2.10. The summed E-state index contributed by atoms with van der Waals surface area (Å²) in [4.78, 5) is 9.37. The van der Waals surface area contributed by atoms with Gasteiger partial charge in [0.05, 0.1) is 5.69 Å². The number of anilines is 2. The highest BCUT2D eigenvalue weighted by Gasteiger charge is 2.35. The molecule has 98 valence electrons. The molecule has 0 aromatic carbocycles. The van der Waals surface area contributed by atoms with Crippen LogP contribution in [0.2, 0.25) is 0 Å². The second-order valence-corrected chi connectivity index (χ2v) is 6.27. The maximum atomic E-state index is 6.09. The molecule has 2 aliphatic heterocycles. The molecule has 2 saturated heterocycles. The highest BCUT2D eigenvalue weighted by Crippen LogP contribution is 2.32. The Balaban J connectivity index is 1.84. The van der Waals surface area contributed by atoms with E-state index >= 15 is 0 Å². The van der Waals surface area contributed by atoms with Gasteiger partial charge in [-0.3, -0.25) is 4.90 Å². The van der Waals surface area contributed by atoms with Gasteiger partial charge in [-0.25, -0.2) is 4.98 Å². The quantitative estimate of drug-likeness (QED) is 0.863. The fourth-order valence-corrected chi connectivity index (χ4v) is 3.56. The second-order valence-electron chi connectivity index (χ2n) is 5.35. The molecule has 2 bridgehead atoms. The first-order valence-corrected chi connectivity index (χ1v) is 7.32. The van der Waals surface area contributed by atoms with E-state index in [-0.39, 0.29) is 0 Å². The maximum absolute atomic E-state index is 6.09. The Hall–Kier alpha value is -0.810. The number of nitrogens with two attached hydrogens (primary N) is 1. The molecule has 1 aromatic rings. The highest BCUT2D eigenvalue weighted by atomic mass is 79.9. The Morgan fingerprint density at radius 3 is 2.89 bits per heavy atom. The van der Waals surface area contributed by atoms with Crippen molar-refractivity contribution in [2.75, 3.05) is 30.8 Å². The van der Waals surface area contributed by atoms with Gasteiger partial charge in [0.15, 0.2) is 5.82 Å². The van der Waals surface area contributed by atoms with Gasteiger partial charge < -0.3 is 10.6 Å². The van der Waals surface area contributed by atoms with E-state index in [2.05, 4.69) is 37.8 Å². The molecular formula is C13H19BrN4. The molecule has 0 amide bonds. The van der Waals surface area contributed by atoms with Crippen LogP contribution in [0.5, 0.6) is 0 Å². The van der Waals surface area contributed by atoms with Crippen LogP contribution in [0.25, 0.3) is 0 Å². The van der Waals surface area contributed by atoms with E-state index in [1.165, 1.54) is 19.3 Å². The molecule has 5 heteroatoms. The fraction of sp³-hybridized carbons (Fsp3) is 0.615. The van der Waals surface area contributed by atoms with E-state index in [9.17, 15) is 0 Å². The number of rotatable bonds is 1. The molecule has 3 rings (SSSR count). The van der Waals surface area contributed by atoms with Crippen molar-refractivity contribution in [3.8, 4) is 0 Å². The lowest BCUT2D eigenvalue weighted by Gasteiger charge is -2.27. The first kappa shape index (κ1) is 12.2. The summed E-state index contributed by atoms with van der Waals surface area (Å²) in [7, 11) is 2.25. The predicted molar refractivity (Wildman–Crippen MR) is 77.8 cm³/mol. The van der Waals surface area contributed by atoms with Crippen LogP contribution in [-0.2, 0) is 0 Å². The monoisotopic (exact) mass is 310 g/mol. The molecular weight excluding hydrogens is 292 g/mol. The Kier molecular flexibility index (Phi) is 3.20. The number of pyridine rings is 1. The smallest absolute Gasteiger partial charge is 0.151 e. The van der Waals surface area contributed by atoms with Crippen molar-refractivity contribution in [3.05, 3.63) is 16.7 Å². The zero-order valence-electron chi connectivity index (χ0n) is 10.6. The molecule has 2 fully saturated rings. The first-order chi connectivity index (χ1) is 8.65. The van der Waals surface area contributed by atoms with Crippen LogP contribution < -0.4 is 10.6 Å². The van der Waals surface area contributed by atoms with Crippen molar-refractivity contribution >= 4 is 27.4 Å². The second kappa shape index (κ2) is 4.70. The lowest BCUT2D eigenvalue weighted by atomic mass is 10.1. The zero-order chi connectivity index (χ0) is 12.7. The molecule has 3 heterocycles. The van der Waals surface area contributed by atoms with Gasteiger partial charge in [-0.2, -0.15) is 0 Å². The van der Waals surface area contributed by atoms with Crippen molar-refractivity contribution in [2.24, 2.45) is 0 Å². The van der Waals surface area contributed by atoms with Crippen LogP contribution in [-0.4, -0.2) is 42.1 Å². The normalized spacial score (nSPS) is 28.4. The van der Waals surface area contributed by atoms with E-state index in [1.54, 1.807) is 0 Å². The van der Waals surface area contributed by atoms with Gasteiger partial charge in [-0.1, -0.05) is 0 Å². The Morgan fingerprint density at radius 2 is 2.11 bits per heavy atom. The van der Waals surface area contributed by atoms with Crippen LogP contribution in [0.4, 0.5) is 11.5 Å². The molecule has 2 aliphatic rings.